The van der Waals surface area contributed by atoms with Gasteiger partial charge >= 0.3 is 6.18 Å². The number of methoxy groups -OCH3 is 2. The van der Waals surface area contributed by atoms with Crippen LogP contribution in [-0.2, 0) is 6.18 Å². The summed E-state index contributed by atoms with van der Waals surface area (Å²) in [6, 6.07) is 12.4. The van der Waals surface area contributed by atoms with Crippen LogP contribution in [0.5, 0.6) is 11.5 Å². The molecule has 35 heavy (non-hydrogen) atoms. The van der Waals surface area contributed by atoms with Crippen molar-refractivity contribution in [3.05, 3.63) is 88.7 Å². The third-order valence-corrected chi connectivity index (χ3v) is 4.76. The SMILES string of the molecule is COc1ccc(C(=O)Nc2ccccc2C(=O)NN=Cc2cc(C(F)(F)F)ccc2F)cc1OC. The molecular weight excluding hydrogens is 470 g/mol. The fraction of sp³-hybridized carbons (Fsp3) is 0.125. The number of alkyl halides is 3. The monoisotopic (exact) mass is 489 g/mol. The van der Waals surface area contributed by atoms with Crippen LogP contribution in [0.1, 0.15) is 31.8 Å². The summed E-state index contributed by atoms with van der Waals surface area (Å²) < 4.78 is 62.7. The van der Waals surface area contributed by atoms with Crippen LogP contribution in [0.15, 0.2) is 65.8 Å². The largest absolute Gasteiger partial charge is 0.493 e. The van der Waals surface area contributed by atoms with E-state index in [4.69, 9.17) is 9.47 Å². The minimum Gasteiger partial charge on any atom is -0.493 e. The standard InChI is InChI=1S/C24H19F4N3O4/c1-34-20-10-7-14(12-21(20)35-2)22(32)30-19-6-4-3-5-17(19)23(33)31-29-13-15-11-16(24(26,27)28)8-9-18(15)25/h3-13H,1-2H3,(H,30,32)(H,31,33). The lowest BCUT2D eigenvalue weighted by molar-refractivity contribution is -0.137. The molecule has 0 spiro atoms. The van der Waals surface area contributed by atoms with E-state index >= 15 is 0 Å². The number of benzene rings is 3. The van der Waals surface area contributed by atoms with Gasteiger partial charge in [-0.25, -0.2) is 9.82 Å². The average molecular weight is 489 g/mol. The zero-order chi connectivity index (χ0) is 25.6. The highest BCUT2D eigenvalue weighted by Crippen LogP contribution is 2.30. The van der Waals surface area contributed by atoms with Crippen LogP contribution in [0.4, 0.5) is 23.2 Å². The van der Waals surface area contributed by atoms with Crippen molar-refractivity contribution in [2.24, 2.45) is 5.10 Å². The summed E-state index contributed by atoms with van der Waals surface area (Å²) in [5.41, 5.74) is 0.984. The fourth-order valence-electron chi connectivity index (χ4n) is 3.00. The number of carbonyl (C=O) groups is 2. The van der Waals surface area contributed by atoms with E-state index in [1.807, 2.05) is 0 Å². The molecule has 0 aliphatic rings. The molecule has 182 valence electrons. The van der Waals surface area contributed by atoms with Gasteiger partial charge in [0.15, 0.2) is 11.5 Å². The van der Waals surface area contributed by atoms with Gasteiger partial charge in [0.25, 0.3) is 11.8 Å². The molecule has 3 rings (SSSR count). The number of hydrogen-bond acceptors (Lipinski definition) is 5. The number of ether oxygens (including phenoxy) is 2. The number of nitrogens with zero attached hydrogens (tertiary/aromatic N) is 1. The van der Waals surface area contributed by atoms with Gasteiger partial charge in [0.05, 0.1) is 37.2 Å². The summed E-state index contributed by atoms with van der Waals surface area (Å²) in [7, 11) is 2.88. The van der Waals surface area contributed by atoms with Crippen molar-refractivity contribution in [1.82, 2.24) is 5.43 Å². The average Bonchev–Trinajstić information content (AvgIpc) is 2.84. The van der Waals surface area contributed by atoms with Gasteiger partial charge in [0, 0.05) is 11.1 Å². The maximum atomic E-state index is 13.8. The van der Waals surface area contributed by atoms with Crippen molar-refractivity contribution in [2.45, 2.75) is 6.18 Å². The molecule has 7 nitrogen and oxygen atoms in total. The minimum absolute atomic E-state index is 0.0167. The Labute approximate surface area is 197 Å². The molecule has 0 heterocycles. The maximum Gasteiger partial charge on any atom is 0.416 e. The Bertz CT molecular complexity index is 1280. The highest BCUT2D eigenvalue weighted by Gasteiger charge is 2.31. The fourth-order valence-corrected chi connectivity index (χ4v) is 3.00. The number of para-hydroxylation sites is 1. The predicted molar refractivity (Wildman–Crippen MR) is 120 cm³/mol. The number of rotatable bonds is 7. The molecule has 2 N–H and O–H groups in total. The van der Waals surface area contributed by atoms with E-state index in [0.717, 1.165) is 6.21 Å². The highest BCUT2D eigenvalue weighted by atomic mass is 19.4. The van der Waals surface area contributed by atoms with Crippen LogP contribution in [0.25, 0.3) is 0 Å². The van der Waals surface area contributed by atoms with Gasteiger partial charge in [0.2, 0.25) is 0 Å². The zero-order valence-corrected chi connectivity index (χ0v) is 18.4. The van der Waals surface area contributed by atoms with Crippen LogP contribution >= 0.6 is 0 Å². The van der Waals surface area contributed by atoms with Gasteiger partial charge in [-0.1, -0.05) is 12.1 Å². The van der Waals surface area contributed by atoms with Gasteiger partial charge in [-0.2, -0.15) is 18.3 Å². The van der Waals surface area contributed by atoms with Crippen molar-refractivity contribution < 1.29 is 36.6 Å². The first-order chi connectivity index (χ1) is 16.6. The topological polar surface area (TPSA) is 89.0 Å². The van der Waals surface area contributed by atoms with Crippen LogP contribution in [0.3, 0.4) is 0 Å². The smallest absolute Gasteiger partial charge is 0.416 e. The van der Waals surface area contributed by atoms with E-state index in [1.54, 1.807) is 12.1 Å². The first-order valence-corrected chi connectivity index (χ1v) is 9.96. The Morgan fingerprint density at radius 1 is 0.914 bits per heavy atom. The third-order valence-electron chi connectivity index (χ3n) is 4.76. The molecule has 0 bridgehead atoms. The first kappa shape index (κ1) is 25.2. The summed E-state index contributed by atoms with van der Waals surface area (Å²) in [6.45, 7) is 0. The highest BCUT2D eigenvalue weighted by molar-refractivity contribution is 6.09. The third kappa shape index (κ3) is 6.14. The van der Waals surface area contributed by atoms with Gasteiger partial charge < -0.3 is 14.8 Å². The number of carbonyl (C=O) groups excluding carboxylic acids is 2. The number of nitrogens with one attached hydrogen (secondary N) is 2. The Morgan fingerprint density at radius 3 is 2.31 bits per heavy atom. The maximum absolute atomic E-state index is 13.8. The lowest BCUT2D eigenvalue weighted by Crippen LogP contribution is -2.21. The Morgan fingerprint density at radius 2 is 1.63 bits per heavy atom. The van der Waals surface area contributed by atoms with E-state index < -0.39 is 34.9 Å². The molecule has 11 heteroatoms. The molecule has 0 atom stereocenters. The minimum atomic E-state index is -4.66. The van der Waals surface area contributed by atoms with E-state index in [2.05, 4.69) is 15.8 Å². The molecule has 0 radical (unpaired) electrons. The second kappa shape index (κ2) is 10.7. The molecule has 0 aromatic heterocycles. The molecule has 0 aliphatic carbocycles. The number of hydrazone groups is 1. The van der Waals surface area contributed by atoms with Crippen molar-refractivity contribution >= 4 is 23.7 Å². The lowest BCUT2D eigenvalue weighted by Gasteiger charge is -2.12. The van der Waals surface area contributed by atoms with Crippen molar-refractivity contribution in [3.63, 3.8) is 0 Å². The normalized spacial score (nSPS) is 11.3. The summed E-state index contributed by atoms with van der Waals surface area (Å²) in [6.07, 6.45) is -3.90. The van der Waals surface area contributed by atoms with Crippen molar-refractivity contribution in [1.29, 1.82) is 0 Å². The van der Waals surface area contributed by atoms with Gasteiger partial charge in [-0.15, -0.1) is 0 Å². The van der Waals surface area contributed by atoms with Gasteiger partial charge in [0.1, 0.15) is 5.82 Å². The Balaban J connectivity index is 1.76. The van der Waals surface area contributed by atoms with Gasteiger partial charge in [-0.05, 0) is 48.5 Å². The molecule has 0 fully saturated rings. The second-order valence-corrected chi connectivity index (χ2v) is 7.00. The van der Waals surface area contributed by atoms with E-state index in [1.165, 1.54) is 44.6 Å². The molecule has 2 amide bonds. The molecule has 0 unspecified atom stereocenters. The summed E-state index contributed by atoms with van der Waals surface area (Å²) >= 11 is 0. The Kier molecular flexibility index (Phi) is 7.69. The lowest BCUT2D eigenvalue weighted by atomic mass is 10.1. The van der Waals surface area contributed by atoms with Crippen LogP contribution in [0.2, 0.25) is 0 Å². The molecular formula is C24H19F4N3O4. The van der Waals surface area contributed by atoms with Crippen molar-refractivity contribution in [2.75, 3.05) is 19.5 Å². The second-order valence-electron chi connectivity index (χ2n) is 7.00. The summed E-state index contributed by atoms with van der Waals surface area (Å²) in [4.78, 5) is 25.3. The van der Waals surface area contributed by atoms with Crippen molar-refractivity contribution in [3.8, 4) is 11.5 Å². The molecule has 0 saturated heterocycles. The summed E-state index contributed by atoms with van der Waals surface area (Å²) in [5, 5.41) is 6.15. The van der Waals surface area contributed by atoms with E-state index in [0.29, 0.717) is 29.7 Å². The number of hydrogen-bond donors (Lipinski definition) is 2. The van der Waals surface area contributed by atoms with Crippen LogP contribution in [-0.4, -0.2) is 32.2 Å². The van der Waals surface area contributed by atoms with E-state index in [9.17, 15) is 27.2 Å². The quantitative estimate of drug-likeness (QED) is 0.281. The zero-order valence-electron chi connectivity index (χ0n) is 18.4. The van der Waals surface area contributed by atoms with E-state index in [-0.39, 0.29) is 16.8 Å². The summed E-state index contributed by atoms with van der Waals surface area (Å²) in [5.74, 6) is -1.50. The van der Waals surface area contributed by atoms with Gasteiger partial charge in [-0.3, -0.25) is 9.59 Å². The van der Waals surface area contributed by atoms with Crippen LogP contribution in [0, 0.1) is 5.82 Å². The number of anilines is 1. The number of amides is 2. The first-order valence-electron chi connectivity index (χ1n) is 9.96. The number of halogens is 4. The molecule has 0 saturated carbocycles. The molecule has 3 aromatic rings. The van der Waals surface area contributed by atoms with Crippen LogP contribution < -0.4 is 20.2 Å². The Hall–Kier alpha value is -4.41. The molecule has 3 aromatic carbocycles. The molecule has 0 aliphatic heterocycles. The predicted octanol–water partition coefficient (Wildman–Crippen LogP) is 4.88.